The Bertz CT molecular complexity index is 1350. The van der Waals surface area contributed by atoms with Crippen LogP contribution < -0.4 is 10.1 Å². The maximum absolute atomic E-state index is 14.2. The predicted octanol–water partition coefficient (Wildman–Crippen LogP) is 5.18. The van der Waals surface area contributed by atoms with Gasteiger partial charge < -0.3 is 19.0 Å². The lowest BCUT2D eigenvalue weighted by molar-refractivity contribution is 0.199. The highest BCUT2D eigenvalue weighted by Crippen LogP contribution is 2.38. The number of urea groups is 1. The molecule has 1 aliphatic heterocycles. The average Bonchev–Trinajstić information content (AvgIpc) is 3.54. The summed E-state index contributed by atoms with van der Waals surface area (Å²) in [6.07, 6.45) is 1.56. The number of methoxy groups -OCH3 is 1. The van der Waals surface area contributed by atoms with Gasteiger partial charge in [-0.15, -0.1) is 0 Å². The van der Waals surface area contributed by atoms with Gasteiger partial charge in [0, 0.05) is 11.3 Å². The van der Waals surface area contributed by atoms with Gasteiger partial charge in [-0.2, -0.15) is 4.98 Å². The number of amides is 2. The summed E-state index contributed by atoms with van der Waals surface area (Å²) in [6, 6.07) is 16.7. The second-order valence-electron chi connectivity index (χ2n) is 7.73. The standard InChI is InChI=1S/C25H21FN4O4/c1-15-21(24-28-23(29-34-24)17-10-11-20(32-2)19(26)13-17)22(16-7-4-3-5-8-16)27-25(31)30(15)14-18-9-6-12-33-18/h3-13,22H,14H2,1-2H3,(H,27,31). The molecule has 0 saturated heterocycles. The Labute approximate surface area is 194 Å². The molecule has 34 heavy (non-hydrogen) atoms. The van der Waals surface area contributed by atoms with Crippen LogP contribution in [0.2, 0.25) is 0 Å². The molecule has 0 spiro atoms. The third-order valence-corrected chi connectivity index (χ3v) is 5.69. The monoisotopic (exact) mass is 460 g/mol. The fourth-order valence-corrected chi connectivity index (χ4v) is 3.96. The highest BCUT2D eigenvalue weighted by atomic mass is 19.1. The third kappa shape index (κ3) is 3.92. The van der Waals surface area contributed by atoms with E-state index in [0.29, 0.717) is 22.6 Å². The van der Waals surface area contributed by atoms with Crippen LogP contribution in [0.4, 0.5) is 9.18 Å². The van der Waals surface area contributed by atoms with E-state index in [2.05, 4.69) is 15.5 Å². The highest BCUT2D eigenvalue weighted by Gasteiger charge is 2.36. The molecule has 8 nitrogen and oxygen atoms in total. The van der Waals surface area contributed by atoms with Gasteiger partial charge in [-0.25, -0.2) is 9.18 Å². The number of nitrogens with zero attached hydrogens (tertiary/aromatic N) is 3. The quantitative estimate of drug-likeness (QED) is 0.426. The summed E-state index contributed by atoms with van der Waals surface area (Å²) in [5, 5.41) is 7.09. The summed E-state index contributed by atoms with van der Waals surface area (Å²) in [4.78, 5) is 19.1. The first-order valence-corrected chi connectivity index (χ1v) is 10.6. The van der Waals surface area contributed by atoms with E-state index in [1.165, 1.54) is 19.2 Å². The van der Waals surface area contributed by atoms with E-state index in [0.717, 1.165) is 5.56 Å². The van der Waals surface area contributed by atoms with Crippen LogP contribution in [0.1, 0.15) is 30.2 Å². The van der Waals surface area contributed by atoms with Crippen molar-refractivity contribution in [3.8, 4) is 17.1 Å². The molecule has 5 rings (SSSR count). The fourth-order valence-electron chi connectivity index (χ4n) is 3.96. The first-order valence-electron chi connectivity index (χ1n) is 10.6. The molecular weight excluding hydrogens is 439 g/mol. The van der Waals surface area contributed by atoms with Crippen molar-refractivity contribution in [1.29, 1.82) is 0 Å². The number of carbonyl (C=O) groups is 1. The molecule has 9 heteroatoms. The van der Waals surface area contributed by atoms with Gasteiger partial charge in [-0.1, -0.05) is 35.5 Å². The summed E-state index contributed by atoms with van der Waals surface area (Å²) in [5.74, 6) is 0.671. The lowest BCUT2D eigenvalue weighted by Gasteiger charge is -2.34. The normalized spacial score (nSPS) is 16.0. The van der Waals surface area contributed by atoms with Gasteiger partial charge in [0.25, 0.3) is 5.89 Å². The molecular formula is C25H21FN4O4. The molecule has 0 saturated carbocycles. The van der Waals surface area contributed by atoms with Crippen LogP contribution in [0.25, 0.3) is 17.0 Å². The zero-order valence-electron chi connectivity index (χ0n) is 18.5. The van der Waals surface area contributed by atoms with Crippen LogP contribution in [0.3, 0.4) is 0 Å². The topological polar surface area (TPSA) is 93.6 Å². The van der Waals surface area contributed by atoms with E-state index < -0.39 is 11.9 Å². The molecule has 172 valence electrons. The number of aromatic nitrogens is 2. The summed E-state index contributed by atoms with van der Waals surface area (Å²) in [7, 11) is 1.40. The van der Waals surface area contributed by atoms with Gasteiger partial charge in [0.2, 0.25) is 5.82 Å². The lowest BCUT2D eigenvalue weighted by Crippen LogP contribution is -2.45. The number of halogens is 1. The maximum Gasteiger partial charge on any atom is 0.322 e. The number of hydrogen-bond acceptors (Lipinski definition) is 6. The zero-order chi connectivity index (χ0) is 23.7. The van der Waals surface area contributed by atoms with E-state index in [4.69, 9.17) is 13.7 Å². The number of rotatable bonds is 6. The Kier molecular flexibility index (Phi) is 5.59. The van der Waals surface area contributed by atoms with Gasteiger partial charge in [0.05, 0.1) is 31.5 Å². The molecule has 2 amide bonds. The van der Waals surface area contributed by atoms with Crippen molar-refractivity contribution >= 4 is 11.6 Å². The number of ether oxygens (including phenoxy) is 1. The summed E-state index contributed by atoms with van der Waals surface area (Å²) in [5.41, 5.74) is 2.59. The maximum atomic E-state index is 14.2. The van der Waals surface area contributed by atoms with Crippen molar-refractivity contribution < 1.29 is 22.9 Å². The van der Waals surface area contributed by atoms with Crippen molar-refractivity contribution in [2.24, 2.45) is 0 Å². The minimum absolute atomic E-state index is 0.124. The number of allylic oxidation sites excluding steroid dienone is 1. The Balaban J connectivity index is 1.58. The van der Waals surface area contributed by atoms with Crippen LogP contribution in [-0.4, -0.2) is 28.2 Å². The van der Waals surface area contributed by atoms with Crippen LogP contribution >= 0.6 is 0 Å². The number of nitrogens with one attached hydrogen (secondary N) is 1. The minimum Gasteiger partial charge on any atom is -0.494 e. The molecule has 1 aliphatic rings. The van der Waals surface area contributed by atoms with E-state index in [9.17, 15) is 9.18 Å². The van der Waals surface area contributed by atoms with Crippen molar-refractivity contribution in [3.05, 3.63) is 95.7 Å². The van der Waals surface area contributed by atoms with Gasteiger partial charge in [0.15, 0.2) is 11.6 Å². The molecule has 1 N–H and O–H groups in total. The fraction of sp³-hybridized carbons (Fsp3) is 0.160. The average molecular weight is 460 g/mol. The Morgan fingerprint density at radius 1 is 1.15 bits per heavy atom. The van der Waals surface area contributed by atoms with E-state index in [-0.39, 0.29) is 30.0 Å². The van der Waals surface area contributed by atoms with E-state index in [1.54, 1.807) is 29.4 Å². The number of hydrogen-bond donors (Lipinski definition) is 1. The summed E-state index contributed by atoms with van der Waals surface area (Å²) >= 11 is 0. The molecule has 4 aromatic rings. The Morgan fingerprint density at radius 3 is 2.68 bits per heavy atom. The SMILES string of the molecule is COc1ccc(-c2noc(C3=C(C)N(Cc4ccco4)C(=O)NC3c3ccccc3)n2)cc1F. The zero-order valence-corrected chi connectivity index (χ0v) is 18.5. The third-order valence-electron chi connectivity index (χ3n) is 5.69. The molecule has 2 aromatic heterocycles. The van der Waals surface area contributed by atoms with Crippen LogP contribution in [0.5, 0.6) is 5.75 Å². The molecule has 0 bridgehead atoms. The molecule has 2 aromatic carbocycles. The van der Waals surface area contributed by atoms with Crippen molar-refractivity contribution in [3.63, 3.8) is 0 Å². The van der Waals surface area contributed by atoms with Crippen molar-refractivity contribution in [1.82, 2.24) is 20.4 Å². The molecule has 0 aliphatic carbocycles. The van der Waals surface area contributed by atoms with Crippen LogP contribution in [0, 0.1) is 5.82 Å². The molecule has 0 radical (unpaired) electrons. The largest absolute Gasteiger partial charge is 0.494 e. The molecule has 3 heterocycles. The highest BCUT2D eigenvalue weighted by molar-refractivity contribution is 5.86. The number of benzene rings is 2. The Morgan fingerprint density at radius 2 is 1.97 bits per heavy atom. The predicted molar refractivity (Wildman–Crippen MR) is 121 cm³/mol. The summed E-state index contributed by atoms with van der Waals surface area (Å²) in [6.45, 7) is 2.06. The van der Waals surface area contributed by atoms with Crippen molar-refractivity contribution in [2.45, 2.75) is 19.5 Å². The first-order chi connectivity index (χ1) is 16.5. The van der Waals surface area contributed by atoms with Crippen molar-refractivity contribution in [2.75, 3.05) is 7.11 Å². The first kappa shape index (κ1) is 21.4. The number of carbonyl (C=O) groups excluding carboxylic acids is 1. The number of furan rings is 1. The Hall–Kier alpha value is -4.40. The van der Waals surface area contributed by atoms with E-state index in [1.807, 2.05) is 37.3 Å². The second-order valence-corrected chi connectivity index (χ2v) is 7.73. The lowest BCUT2D eigenvalue weighted by atomic mass is 9.94. The van der Waals surface area contributed by atoms with E-state index >= 15 is 0 Å². The van der Waals surface area contributed by atoms with Gasteiger partial charge in [-0.05, 0) is 42.8 Å². The second kappa shape index (κ2) is 8.86. The van der Waals surface area contributed by atoms with Crippen LogP contribution in [0.15, 0.2) is 81.6 Å². The van der Waals surface area contributed by atoms with Gasteiger partial charge in [0.1, 0.15) is 5.76 Å². The smallest absolute Gasteiger partial charge is 0.322 e. The minimum atomic E-state index is -0.529. The molecule has 1 atom stereocenters. The van der Waals surface area contributed by atoms with Gasteiger partial charge >= 0.3 is 6.03 Å². The molecule has 1 unspecified atom stereocenters. The summed E-state index contributed by atoms with van der Waals surface area (Å²) < 4.78 is 30.3. The van der Waals surface area contributed by atoms with Gasteiger partial charge in [-0.3, -0.25) is 4.90 Å². The molecule has 0 fully saturated rings. The van der Waals surface area contributed by atoms with Crippen LogP contribution in [-0.2, 0) is 6.54 Å².